The Morgan fingerprint density at radius 3 is 2.57 bits per heavy atom. The Bertz CT molecular complexity index is 638. The number of ether oxygens (including phenoxy) is 1. The summed E-state index contributed by atoms with van der Waals surface area (Å²) < 4.78 is 40.6. The maximum absolute atomic E-state index is 12.2. The maximum Gasteiger partial charge on any atom is 0.573 e. The van der Waals surface area contributed by atoms with E-state index in [0.29, 0.717) is 16.5 Å². The van der Waals surface area contributed by atoms with Crippen LogP contribution >= 0.6 is 0 Å². The molecule has 1 aromatic carbocycles. The minimum Gasteiger partial charge on any atom is -0.406 e. The van der Waals surface area contributed by atoms with E-state index in [2.05, 4.69) is 9.72 Å². The zero-order valence-electron chi connectivity index (χ0n) is 11.5. The van der Waals surface area contributed by atoms with E-state index in [-0.39, 0.29) is 12.2 Å². The van der Waals surface area contributed by atoms with Crippen LogP contribution in [0, 0.1) is 0 Å². The third kappa shape index (κ3) is 3.71. The SMILES string of the molecule is [B]C(O)(Cc1c[nH]c2ccc(OC(F)(F)F)cc12)N(C)C. The molecule has 2 aromatic rings. The van der Waals surface area contributed by atoms with Crippen molar-refractivity contribution in [3.63, 3.8) is 0 Å². The summed E-state index contributed by atoms with van der Waals surface area (Å²) in [6, 6.07) is 3.96. The molecule has 4 nitrogen and oxygen atoms in total. The Morgan fingerprint density at radius 2 is 2.00 bits per heavy atom. The number of aromatic nitrogens is 1. The fourth-order valence-corrected chi connectivity index (χ4v) is 1.94. The lowest BCUT2D eigenvalue weighted by Crippen LogP contribution is -2.46. The Balaban J connectivity index is 2.35. The fraction of sp³-hybridized carbons (Fsp3) is 0.385. The number of rotatable bonds is 4. The zero-order valence-corrected chi connectivity index (χ0v) is 11.5. The summed E-state index contributed by atoms with van der Waals surface area (Å²) in [5.74, 6) is -0.318. The number of H-pyrrole nitrogens is 1. The molecule has 0 amide bonds. The number of nitrogens with one attached hydrogen (secondary N) is 1. The van der Waals surface area contributed by atoms with Crippen molar-refractivity contribution >= 4 is 18.7 Å². The van der Waals surface area contributed by atoms with Gasteiger partial charge in [-0.05, 0) is 37.9 Å². The lowest BCUT2D eigenvalue weighted by Gasteiger charge is -2.31. The van der Waals surface area contributed by atoms with Crippen LogP contribution in [0.1, 0.15) is 5.56 Å². The van der Waals surface area contributed by atoms with Crippen molar-refractivity contribution < 1.29 is 23.0 Å². The standard InChI is InChI=1S/C13H14BF3N2O2/c1-19(2)12(14,20)6-8-7-18-11-4-3-9(5-10(8)11)21-13(15,16)17/h3-5,7,18,20H,6H2,1-2H3. The van der Waals surface area contributed by atoms with E-state index in [1.165, 1.54) is 23.1 Å². The number of hydrogen-bond donors (Lipinski definition) is 2. The molecule has 0 fully saturated rings. The highest BCUT2D eigenvalue weighted by Crippen LogP contribution is 2.29. The van der Waals surface area contributed by atoms with Gasteiger partial charge in [0, 0.05) is 23.5 Å². The number of fused-ring (bicyclic) bond motifs is 1. The summed E-state index contributed by atoms with van der Waals surface area (Å²) in [5, 5.41) is 10.6. The first-order chi connectivity index (χ1) is 9.58. The van der Waals surface area contributed by atoms with Crippen molar-refractivity contribution in [2.45, 2.75) is 18.4 Å². The third-order valence-corrected chi connectivity index (χ3v) is 3.20. The second-order valence-electron chi connectivity index (χ2n) is 5.02. The number of halogens is 3. The van der Waals surface area contributed by atoms with Crippen molar-refractivity contribution in [2.75, 3.05) is 14.1 Å². The van der Waals surface area contributed by atoms with Gasteiger partial charge in [0.25, 0.3) is 0 Å². The molecule has 0 aliphatic heterocycles. The van der Waals surface area contributed by atoms with Crippen LogP contribution in [0.4, 0.5) is 13.2 Å². The monoisotopic (exact) mass is 298 g/mol. The number of likely N-dealkylation sites (N-methyl/N-ethyl adjacent to an activating group) is 1. The van der Waals surface area contributed by atoms with Gasteiger partial charge in [0.1, 0.15) is 13.6 Å². The van der Waals surface area contributed by atoms with E-state index in [1.54, 1.807) is 20.3 Å². The van der Waals surface area contributed by atoms with Crippen molar-refractivity contribution in [1.29, 1.82) is 0 Å². The van der Waals surface area contributed by atoms with Crippen LogP contribution in [-0.4, -0.2) is 48.9 Å². The predicted molar refractivity (Wildman–Crippen MR) is 73.1 cm³/mol. The van der Waals surface area contributed by atoms with Gasteiger partial charge < -0.3 is 14.8 Å². The number of aliphatic hydroxyl groups is 1. The van der Waals surface area contributed by atoms with E-state index in [0.717, 1.165) is 0 Å². The van der Waals surface area contributed by atoms with Gasteiger partial charge in [0.2, 0.25) is 0 Å². The molecule has 2 radical (unpaired) electrons. The highest BCUT2D eigenvalue weighted by molar-refractivity contribution is 6.14. The maximum atomic E-state index is 12.2. The second-order valence-corrected chi connectivity index (χ2v) is 5.02. The summed E-state index contributed by atoms with van der Waals surface area (Å²) in [7, 11) is 8.95. The average Bonchev–Trinajstić information content (AvgIpc) is 2.69. The average molecular weight is 298 g/mol. The van der Waals surface area contributed by atoms with Crippen LogP contribution in [0.5, 0.6) is 5.75 Å². The first-order valence-electron chi connectivity index (χ1n) is 6.13. The molecule has 21 heavy (non-hydrogen) atoms. The van der Waals surface area contributed by atoms with E-state index < -0.39 is 12.0 Å². The third-order valence-electron chi connectivity index (χ3n) is 3.20. The van der Waals surface area contributed by atoms with E-state index in [9.17, 15) is 18.3 Å². The molecule has 2 N–H and O–H groups in total. The van der Waals surface area contributed by atoms with E-state index in [4.69, 9.17) is 7.85 Å². The van der Waals surface area contributed by atoms with Crippen LogP contribution in [0.15, 0.2) is 24.4 Å². The Kier molecular flexibility index (Phi) is 3.94. The number of aromatic amines is 1. The number of alkyl halides is 3. The highest BCUT2D eigenvalue weighted by Gasteiger charge is 2.31. The summed E-state index contributed by atoms with van der Waals surface area (Å²) in [6.07, 6.45) is -3.10. The Labute approximate surface area is 120 Å². The quantitative estimate of drug-likeness (QED) is 0.670. The lowest BCUT2D eigenvalue weighted by atomic mass is 9.84. The van der Waals surface area contributed by atoms with Gasteiger partial charge in [-0.3, -0.25) is 4.90 Å². The fourth-order valence-electron chi connectivity index (χ4n) is 1.94. The van der Waals surface area contributed by atoms with Crippen molar-refractivity contribution in [3.05, 3.63) is 30.0 Å². The predicted octanol–water partition coefficient (Wildman–Crippen LogP) is 1.99. The van der Waals surface area contributed by atoms with E-state index in [1.807, 2.05) is 0 Å². The molecule has 2 rings (SSSR count). The van der Waals surface area contributed by atoms with Gasteiger partial charge in [0.15, 0.2) is 0 Å². The van der Waals surface area contributed by atoms with Gasteiger partial charge in [0.05, 0.1) is 5.62 Å². The van der Waals surface area contributed by atoms with Gasteiger partial charge in [-0.2, -0.15) is 0 Å². The van der Waals surface area contributed by atoms with Gasteiger partial charge in [-0.25, -0.2) is 0 Å². The normalized spacial score (nSPS) is 15.4. The summed E-state index contributed by atoms with van der Waals surface area (Å²) in [6.45, 7) is 0. The first-order valence-corrected chi connectivity index (χ1v) is 6.13. The first kappa shape index (κ1) is 15.7. The van der Waals surface area contributed by atoms with Crippen molar-refractivity contribution in [1.82, 2.24) is 9.88 Å². The highest BCUT2D eigenvalue weighted by atomic mass is 19.4. The topological polar surface area (TPSA) is 48.5 Å². The molecule has 0 aliphatic carbocycles. The summed E-state index contributed by atoms with van der Waals surface area (Å²) >= 11 is 0. The zero-order chi connectivity index (χ0) is 15.8. The molecule has 0 bridgehead atoms. The number of benzene rings is 1. The smallest absolute Gasteiger partial charge is 0.406 e. The van der Waals surface area contributed by atoms with E-state index >= 15 is 0 Å². The Morgan fingerprint density at radius 1 is 1.33 bits per heavy atom. The molecule has 0 spiro atoms. The van der Waals surface area contributed by atoms with Crippen LogP contribution in [0.3, 0.4) is 0 Å². The minimum atomic E-state index is -4.75. The van der Waals surface area contributed by atoms with Crippen molar-refractivity contribution in [2.24, 2.45) is 0 Å². The molecule has 0 aliphatic rings. The largest absolute Gasteiger partial charge is 0.573 e. The molecule has 112 valence electrons. The number of nitrogens with zero attached hydrogens (tertiary/aromatic N) is 1. The second kappa shape index (κ2) is 5.27. The Hall–Kier alpha value is -1.67. The summed E-state index contributed by atoms with van der Waals surface area (Å²) in [5.41, 5.74) is -0.374. The molecule has 0 saturated heterocycles. The lowest BCUT2D eigenvalue weighted by molar-refractivity contribution is -0.274. The van der Waals surface area contributed by atoms with Gasteiger partial charge in [-0.1, -0.05) is 0 Å². The minimum absolute atomic E-state index is 0.0511. The summed E-state index contributed by atoms with van der Waals surface area (Å²) in [4.78, 5) is 4.34. The van der Waals surface area contributed by atoms with Crippen LogP contribution in [0.25, 0.3) is 10.9 Å². The number of hydrogen-bond acceptors (Lipinski definition) is 3. The molecular formula is C13H14BF3N2O2. The van der Waals surface area contributed by atoms with Crippen LogP contribution in [0.2, 0.25) is 0 Å². The molecule has 1 atom stereocenters. The molecule has 1 aromatic heterocycles. The van der Waals surface area contributed by atoms with Gasteiger partial charge in [-0.15, -0.1) is 13.2 Å². The molecule has 0 saturated carbocycles. The molecule has 8 heteroatoms. The van der Waals surface area contributed by atoms with Crippen LogP contribution < -0.4 is 4.74 Å². The molecule has 1 heterocycles. The van der Waals surface area contributed by atoms with Crippen molar-refractivity contribution in [3.8, 4) is 5.75 Å². The molecule has 1 unspecified atom stereocenters. The van der Waals surface area contributed by atoms with Crippen LogP contribution in [-0.2, 0) is 6.42 Å². The van der Waals surface area contributed by atoms with Gasteiger partial charge >= 0.3 is 6.36 Å². The molecular weight excluding hydrogens is 284 g/mol.